The number of hydrogen-bond donors (Lipinski definition) is 3. The molecular formula is C19H29N9O. The molecule has 5 rings (SSSR count). The van der Waals surface area contributed by atoms with E-state index in [-0.39, 0.29) is 0 Å². The van der Waals surface area contributed by atoms with Crippen molar-refractivity contribution in [1.29, 1.82) is 0 Å². The molecule has 156 valence electrons. The summed E-state index contributed by atoms with van der Waals surface area (Å²) in [6.07, 6.45) is 10.4. The zero-order valence-electron chi connectivity index (χ0n) is 16.8. The topological polar surface area (TPSA) is 94.3 Å². The highest BCUT2D eigenvalue weighted by molar-refractivity contribution is 5.96. The Morgan fingerprint density at radius 3 is 2.76 bits per heavy atom. The van der Waals surface area contributed by atoms with Crippen LogP contribution in [0.1, 0.15) is 25.7 Å². The molecule has 2 fully saturated rings. The van der Waals surface area contributed by atoms with E-state index in [2.05, 4.69) is 31.1 Å². The van der Waals surface area contributed by atoms with Crippen molar-refractivity contribution in [3.05, 3.63) is 23.9 Å². The zero-order valence-corrected chi connectivity index (χ0v) is 16.8. The molecule has 0 spiro atoms. The second-order valence-corrected chi connectivity index (χ2v) is 8.01. The lowest BCUT2D eigenvalue weighted by Crippen LogP contribution is -2.49. The Morgan fingerprint density at radius 1 is 1.17 bits per heavy atom. The normalized spacial score (nSPS) is 27.5. The number of nitrogens with zero attached hydrogens (tertiary/aromatic N) is 6. The standard InChI is InChI=1S/C19H29N9O/c1-26-12-15(10-21-26)23-19-24-18(17-11-20-13-28(17)25-19)22-14-2-4-16(5-3-14)27-6-8-29-9-7-27/h10-12,14,16,22H,2-9,13H2,1H3,(H2,23,24,25). The second-order valence-electron chi connectivity index (χ2n) is 8.01. The van der Waals surface area contributed by atoms with E-state index in [9.17, 15) is 0 Å². The predicted molar refractivity (Wildman–Crippen MR) is 111 cm³/mol. The quantitative estimate of drug-likeness (QED) is 0.677. The smallest absolute Gasteiger partial charge is 0.221 e. The Balaban J connectivity index is 1.23. The third-order valence-electron chi connectivity index (χ3n) is 6.00. The lowest BCUT2D eigenvalue weighted by molar-refractivity contribution is 0.00679. The van der Waals surface area contributed by atoms with Crippen molar-refractivity contribution < 1.29 is 4.74 Å². The molecule has 3 N–H and O–H groups in total. The third kappa shape index (κ3) is 4.08. The lowest BCUT2D eigenvalue weighted by Gasteiger charge is -2.39. The van der Waals surface area contributed by atoms with Crippen LogP contribution in [0.2, 0.25) is 0 Å². The number of aromatic nitrogens is 2. The van der Waals surface area contributed by atoms with Crippen molar-refractivity contribution in [1.82, 2.24) is 30.4 Å². The van der Waals surface area contributed by atoms with Gasteiger partial charge in [-0.3, -0.25) is 25.0 Å². The Kier molecular flexibility index (Phi) is 5.11. The molecule has 1 aromatic heterocycles. The van der Waals surface area contributed by atoms with Gasteiger partial charge in [0.1, 0.15) is 12.4 Å². The number of hydrogen-bond acceptors (Lipinski definition) is 9. The highest BCUT2D eigenvalue weighted by Gasteiger charge is 2.30. The van der Waals surface area contributed by atoms with Gasteiger partial charge in [0, 0.05) is 38.4 Å². The molecule has 1 aromatic rings. The number of aryl methyl sites for hydroxylation is 1. The molecule has 4 aliphatic rings. The highest BCUT2D eigenvalue weighted by atomic mass is 16.5. The molecule has 0 atom stereocenters. The molecule has 1 aliphatic carbocycles. The molecule has 0 bridgehead atoms. The van der Waals surface area contributed by atoms with Gasteiger partial charge in [0.05, 0.1) is 31.3 Å². The largest absolute Gasteiger partial charge is 0.379 e. The second kappa shape index (κ2) is 8.03. The van der Waals surface area contributed by atoms with Crippen LogP contribution in [0.15, 0.2) is 33.9 Å². The first kappa shape index (κ1) is 18.4. The van der Waals surface area contributed by atoms with E-state index in [0.717, 1.165) is 56.4 Å². The maximum atomic E-state index is 5.50. The van der Waals surface area contributed by atoms with Gasteiger partial charge >= 0.3 is 0 Å². The van der Waals surface area contributed by atoms with Gasteiger partial charge in [-0.05, 0) is 25.7 Å². The number of aliphatic imine (C=N–C) groups is 2. The van der Waals surface area contributed by atoms with Gasteiger partial charge in [-0.25, -0.2) is 0 Å². The SMILES string of the molecule is Cn1cc(NC2=NC(NC3CCC(N4CCOCC4)CC3)=C3C=NCN3N2)cn1. The maximum Gasteiger partial charge on any atom is 0.221 e. The molecule has 1 saturated carbocycles. The minimum atomic E-state index is 0.437. The van der Waals surface area contributed by atoms with Gasteiger partial charge in [-0.1, -0.05) is 0 Å². The number of rotatable bonds is 4. The van der Waals surface area contributed by atoms with Crippen LogP contribution in [0.4, 0.5) is 5.69 Å². The maximum absolute atomic E-state index is 5.50. The van der Waals surface area contributed by atoms with Crippen LogP contribution in [0.25, 0.3) is 0 Å². The highest BCUT2D eigenvalue weighted by Crippen LogP contribution is 2.26. The minimum Gasteiger partial charge on any atom is -0.379 e. The Labute approximate surface area is 170 Å². The summed E-state index contributed by atoms with van der Waals surface area (Å²) in [4.78, 5) is 11.8. The first-order valence-electron chi connectivity index (χ1n) is 10.5. The molecule has 29 heavy (non-hydrogen) atoms. The van der Waals surface area contributed by atoms with Crippen LogP contribution < -0.4 is 16.1 Å². The molecule has 10 heteroatoms. The summed E-state index contributed by atoms with van der Waals surface area (Å²) < 4.78 is 7.26. The summed E-state index contributed by atoms with van der Waals surface area (Å²) in [6.45, 7) is 4.47. The van der Waals surface area contributed by atoms with Crippen LogP contribution in [-0.4, -0.2) is 76.9 Å². The number of anilines is 1. The molecule has 1 saturated heterocycles. The van der Waals surface area contributed by atoms with Crippen LogP contribution >= 0.6 is 0 Å². The van der Waals surface area contributed by atoms with E-state index in [1.165, 1.54) is 12.8 Å². The summed E-state index contributed by atoms with van der Waals surface area (Å²) in [6, 6.07) is 1.13. The van der Waals surface area contributed by atoms with Gasteiger partial charge in [0.2, 0.25) is 5.96 Å². The fraction of sp³-hybridized carbons (Fsp3) is 0.632. The van der Waals surface area contributed by atoms with Gasteiger partial charge < -0.3 is 15.4 Å². The van der Waals surface area contributed by atoms with Crippen LogP contribution in [0, 0.1) is 0 Å². The zero-order chi connectivity index (χ0) is 19.6. The lowest BCUT2D eigenvalue weighted by atomic mass is 9.90. The van der Waals surface area contributed by atoms with Crippen LogP contribution in [-0.2, 0) is 11.8 Å². The first-order valence-corrected chi connectivity index (χ1v) is 10.5. The fourth-order valence-electron chi connectivity index (χ4n) is 4.47. The number of nitrogens with one attached hydrogen (secondary N) is 3. The van der Waals surface area contributed by atoms with E-state index in [1.807, 2.05) is 24.5 Å². The summed E-state index contributed by atoms with van der Waals surface area (Å²) in [5.74, 6) is 1.56. The molecule has 4 heterocycles. The van der Waals surface area contributed by atoms with E-state index in [0.29, 0.717) is 24.7 Å². The van der Waals surface area contributed by atoms with E-state index in [1.54, 1.807) is 10.9 Å². The molecule has 0 radical (unpaired) electrons. The number of ether oxygens (including phenoxy) is 1. The van der Waals surface area contributed by atoms with Crippen molar-refractivity contribution in [3.8, 4) is 0 Å². The number of allylic oxidation sites excluding steroid dienone is 1. The van der Waals surface area contributed by atoms with Gasteiger partial charge in [0.25, 0.3) is 0 Å². The molecule has 0 aromatic carbocycles. The van der Waals surface area contributed by atoms with Crippen molar-refractivity contribution >= 4 is 17.9 Å². The van der Waals surface area contributed by atoms with E-state index >= 15 is 0 Å². The van der Waals surface area contributed by atoms with Crippen molar-refractivity contribution in [2.45, 2.75) is 37.8 Å². The molecule has 0 unspecified atom stereocenters. The minimum absolute atomic E-state index is 0.437. The number of morpholine rings is 1. The molecule has 0 amide bonds. The first-order chi connectivity index (χ1) is 14.2. The summed E-state index contributed by atoms with van der Waals surface area (Å²) in [5.41, 5.74) is 5.18. The van der Waals surface area contributed by atoms with Gasteiger partial charge in [0.15, 0.2) is 5.82 Å². The number of hydrazine groups is 1. The summed E-state index contributed by atoms with van der Waals surface area (Å²) in [7, 11) is 1.90. The summed E-state index contributed by atoms with van der Waals surface area (Å²) >= 11 is 0. The van der Waals surface area contributed by atoms with Crippen molar-refractivity contribution in [2.24, 2.45) is 17.0 Å². The van der Waals surface area contributed by atoms with Crippen LogP contribution in [0.3, 0.4) is 0 Å². The monoisotopic (exact) mass is 399 g/mol. The molecular weight excluding hydrogens is 370 g/mol. The van der Waals surface area contributed by atoms with E-state index in [4.69, 9.17) is 9.73 Å². The molecule has 10 nitrogen and oxygen atoms in total. The Morgan fingerprint density at radius 2 is 2.00 bits per heavy atom. The number of fused-ring (bicyclic) bond motifs is 1. The van der Waals surface area contributed by atoms with Crippen LogP contribution in [0.5, 0.6) is 0 Å². The Hall–Kier alpha value is -2.59. The predicted octanol–water partition coefficient (Wildman–Crippen LogP) is 0.452. The third-order valence-corrected chi connectivity index (χ3v) is 6.00. The van der Waals surface area contributed by atoms with E-state index < -0.39 is 0 Å². The van der Waals surface area contributed by atoms with Crippen molar-refractivity contribution in [3.63, 3.8) is 0 Å². The average Bonchev–Trinajstić information content (AvgIpc) is 3.38. The fourth-order valence-corrected chi connectivity index (χ4v) is 4.47. The van der Waals surface area contributed by atoms with Crippen molar-refractivity contribution in [2.75, 3.05) is 38.3 Å². The Bertz CT molecular complexity index is 815. The summed E-state index contributed by atoms with van der Waals surface area (Å²) in [5, 5.41) is 13.2. The molecule has 3 aliphatic heterocycles. The number of guanidine groups is 1. The van der Waals surface area contributed by atoms with Gasteiger partial charge in [-0.15, -0.1) is 0 Å². The van der Waals surface area contributed by atoms with Gasteiger partial charge in [-0.2, -0.15) is 10.1 Å². The average molecular weight is 400 g/mol.